The van der Waals surface area contributed by atoms with Crippen molar-refractivity contribution in [2.75, 3.05) is 32.6 Å². The molecular formula is C18H23N5O3. The van der Waals surface area contributed by atoms with Gasteiger partial charge in [-0.25, -0.2) is 4.98 Å². The minimum Gasteiger partial charge on any atom is -0.489 e. The van der Waals surface area contributed by atoms with Crippen LogP contribution < -0.4 is 15.0 Å². The summed E-state index contributed by atoms with van der Waals surface area (Å²) in [5.74, 6) is 1.28. The minimum absolute atomic E-state index is 0.0699. The summed E-state index contributed by atoms with van der Waals surface area (Å²) in [6, 6.07) is 5.26. The molecule has 0 spiro atoms. The van der Waals surface area contributed by atoms with E-state index in [1.54, 1.807) is 38.6 Å². The molecule has 2 aromatic rings. The largest absolute Gasteiger partial charge is 0.489 e. The zero-order valence-electron chi connectivity index (χ0n) is 15.2. The maximum atomic E-state index is 12.2. The third kappa shape index (κ3) is 3.79. The Balaban J connectivity index is 1.66. The number of aromatic amines is 1. The average Bonchev–Trinajstić information content (AvgIpc) is 3.15. The highest BCUT2D eigenvalue weighted by atomic mass is 16.5. The Morgan fingerprint density at radius 1 is 1.42 bits per heavy atom. The van der Waals surface area contributed by atoms with E-state index < -0.39 is 0 Å². The standard InChI is InChI=1S/C18H23N5O3/c1-22(2)18(25)12-4-5-15-14(8-12)23(3)13(11-26-15)9-17(24)21-10-16-19-6-7-20-16/h4-8,13H,9-11H2,1-3H3,(H,19,20)(H,21,24)/t13-/m0/s1. The highest BCUT2D eigenvalue weighted by Gasteiger charge is 2.27. The molecule has 0 saturated heterocycles. The lowest BCUT2D eigenvalue weighted by atomic mass is 10.1. The van der Waals surface area contributed by atoms with Crippen molar-refractivity contribution in [2.24, 2.45) is 0 Å². The molecule has 0 radical (unpaired) electrons. The van der Waals surface area contributed by atoms with Gasteiger partial charge in [0.25, 0.3) is 5.91 Å². The molecule has 2 heterocycles. The van der Waals surface area contributed by atoms with Crippen molar-refractivity contribution in [3.05, 3.63) is 42.0 Å². The number of anilines is 1. The maximum Gasteiger partial charge on any atom is 0.253 e. The van der Waals surface area contributed by atoms with Crippen LogP contribution in [0.2, 0.25) is 0 Å². The molecule has 1 aromatic carbocycles. The van der Waals surface area contributed by atoms with Gasteiger partial charge in [-0.05, 0) is 18.2 Å². The predicted molar refractivity (Wildman–Crippen MR) is 97.2 cm³/mol. The summed E-state index contributed by atoms with van der Waals surface area (Å²) in [7, 11) is 5.35. The number of rotatable bonds is 5. The number of fused-ring (bicyclic) bond motifs is 1. The van der Waals surface area contributed by atoms with Gasteiger partial charge in [0.1, 0.15) is 18.2 Å². The van der Waals surface area contributed by atoms with Crippen LogP contribution in [0.4, 0.5) is 5.69 Å². The van der Waals surface area contributed by atoms with E-state index in [4.69, 9.17) is 4.74 Å². The smallest absolute Gasteiger partial charge is 0.253 e. The summed E-state index contributed by atoms with van der Waals surface area (Å²) in [5.41, 5.74) is 1.40. The SMILES string of the molecule is CN(C)C(=O)c1ccc2c(c1)N(C)[C@@H](CC(=O)NCc1ncc[nH]1)CO2. The summed E-state index contributed by atoms with van der Waals surface area (Å²) < 4.78 is 5.79. The van der Waals surface area contributed by atoms with Crippen molar-refractivity contribution in [3.8, 4) is 5.75 Å². The Kier molecular flexibility index (Phi) is 5.11. The molecule has 1 atom stereocenters. The summed E-state index contributed by atoms with van der Waals surface area (Å²) in [6.45, 7) is 0.778. The van der Waals surface area contributed by atoms with Gasteiger partial charge in [-0.3, -0.25) is 9.59 Å². The number of imidazole rings is 1. The quantitative estimate of drug-likeness (QED) is 0.834. The van der Waals surface area contributed by atoms with Gasteiger partial charge in [-0.15, -0.1) is 0 Å². The van der Waals surface area contributed by atoms with E-state index in [-0.39, 0.29) is 17.9 Å². The van der Waals surface area contributed by atoms with Gasteiger partial charge in [0.2, 0.25) is 5.91 Å². The van der Waals surface area contributed by atoms with Crippen molar-refractivity contribution in [1.29, 1.82) is 0 Å². The van der Waals surface area contributed by atoms with Gasteiger partial charge >= 0.3 is 0 Å². The van der Waals surface area contributed by atoms with E-state index in [1.807, 2.05) is 18.0 Å². The van der Waals surface area contributed by atoms with Crippen molar-refractivity contribution < 1.29 is 14.3 Å². The van der Waals surface area contributed by atoms with Crippen LogP contribution in [0, 0.1) is 0 Å². The van der Waals surface area contributed by atoms with Crippen molar-refractivity contribution >= 4 is 17.5 Å². The molecule has 138 valence electrons. The number of nitrogens with zero attached hydrogens (tertiary/aromatic N) is 3. The molecule has 8 heteroatoms. The zero-order chi connectivity index (χ0) is 18.7. The lowest BCUT2D eigenvalue weighted by molar-refractivity contribution is -0.121. The van der Waals surface area contributed by atoms with Gasteiger partial charge in [-0.2, -0.15) is 0 Å². The fraction of sp³-hybridized carbons (Fsp3) is 0.389. The molecule has 8 nitrogen and oxygen atoms in total. The van der Waals surface area contributed by atoms with Gasteiger partial charge in [0.05, 0.1) is 24.7 Å². The maximum absolute atomic E-state index is 12.2. The first-order valence-electron chi connectivity index (χ1n) is 8.42. The van der Waals surface area contributed by atoms with E-state index in [0.717, 1.165) is 11.4 Å². The molecule has 2 amide bonds. The van der Waals surface area contributed by atoms with Gasteiger partial charge in [-0.1, -0.05) is 0 Å². The Hall–Kier alpha value is -3.03. The van der Waals surface area contributed by atoms with E-state index in [0.29, 0.717) is 31.0 Å². The fourth-order valence-electron chi connectivity index (χ4n) is 2.86. The Morgan fingerprint density at radius 2 is 2.23 bits per heavy atom. The lowest BCUT2D eigenvalue weighted by Crippen LogP contribution is -2.43. The molecular weight excluding hydrogens is 334 g/mol. The second-order valence-electron chi connectivity index (χ2n) is 6.47. The van der Waals surface area contributed by atoms with Crippen molar-refractivity contribution in [1.82, 2.24) is 20.2 Å². The molecule has 1 aromatic heterocycles. The normalized spacial score (nSPS) is 15.8. The van der Waals surface area contributed by atoms with Crippen LogP contribution in [0.5, 0.6) is 5.75 Å². The number of H-pyrrole nitrogens is 1. The molecule has 0 unspecified atom stereocenters. The molecule has 26 heavy (non-hydrogen) atoms. The molecule has 0 bridgehead atoms. The molecule has 1 aliphatic heterocycles. The second kappa shape index (κ2) is 7.47. The number of ether oxygens (including phenoxy) is 1. The summed E-state index contributed by atoms with van der Waals surface area (Å²) in [5, 5.41) is 2.85. The lowest BCUT2D eigenvalue weighted by Gasteiger charge is -2.35. The number of carbonyl (C=O) groups excluding carboxylic acids is 2. The van der Waals surface area contributed by atoms with Crippen LogP contribution >= 0.6 is 0 Å². The third-order valence-electron chi connectivity index (χ3n) is 4.40. The topological polar surface area (TPSA) is 90.6 Å². The van der Waals surface area contributed by atoms with E-state index in [9.17, 15) is 9.59 Å². The van der Waals surface area contributed by atoms with Crippen LogP contribution in [-0.4, -0.2) is 60.5 Å². The number of nitrogens with one attached hydrogen (secondary N) is 2. The highest BCUT2D eigenvalue weighted by molar-refractivity contribution is 5.95. The van der Waals surface area contributed by atoms with Gasteiger partial charge < -0.3 is 24.8 Å². The number of hydrogen-bond donors (Lipinski definition) is 2. The average molecular weight is 357 g/mol. The van der Waals surface area contributed by atoms with Gasteiger partial charge in [0.15, 0.2) is 0 Å². The Morgan fingerprint density at radius 3 is 2.92 bits per heavy atom. The molecule has 0 fully saturated rings. The van der Waals surface area contributed by atoms with Crippen molar-refractivity contribution in [3.63, 3.8) is 0 Å². The molecule has 2 N–H and O–H groups in total. The molecule has 1 aliphatic rings. The number of likely N-dealkylation sites (N-methyl/N-ethyl adjacent to an activating group) is 1. The number of aromatic nitrogens is 2. The molecule has 0 saturated carbocycles. The first kappa shape index (κ1) is 17.8. The summed E-state index contributed by atoms with van der Waals surface area (Å²) in [4.78, 5) is 35.0. The Bertz CT molecular complexity index is 788. The number of hydrogen-bond acceptors (Lipinski definition) is 5. The number of carbonyl (C=O) groups is 2. The third-order valence-corrected chi connectivity index (χ3v) is 4.40. The summed E-state index contributed by atoms with van der Waals surface area (Å²) in [6.07, 6.45) is 3.66. The fourth-order valence-corrected chi connectivity index (χ4v) is 2.86. The van der Waals surface area contributed by atoms with Crippen LogP contribution in [0.1, 0.15) is 22.6 Å². The Labute approximate surface area is 152 Å². The first-order chi connectivity index (χ1) is 12.5. The van der Waals surface area contributed by atoms with E-state index in [2.05, 4.69) is 15.3 Å². The van der Waals surface area contributed by atoms with Gasteiger partial charge in [0, 0.05) is 39.1 Å². The zero-order valence-corrected chi connectivity index (χ0v) is 15.2. The monoisotopic (exact) mass is 357 g/mol. The second-order valence-corrected chi connectivity index (χ2v) is 6.47. The van der Waals surface area contributed by atoms with E-state index >= 15 is 0 Å². The number of benzene rings is 1. The van der Waals surface area contributed by atoms with E-state index in [1.165, 1.54) is 4.90 Å². The molecule has 3 rings (SSSR count). The van der Waals surface area contributed by atoms with Crippen LogP contribution in [0.15, 0.2) is 30.6 Å². The number of amides is 2. The minimum atomic E-state index is -0.108. The van der Waals surface area contributed by atoms with Crippen molar-refractivity contribution in [2.45, 2.75) is 19.0 Å². The van der Waals surface area contributed by atoms with Crippen LogP contribution in [0.3, 0.4) is 0 Å². The highest BCUT2D eigenvalue weighted by Crippen LogP contribution is 2.34. The first-order valence-corrected chi connectivity index (χ1v) is 8.42. The summed E-state index contributed by atoms with van der Waals surface area (Å²) >= 11 is 0. The van der Waals surface area contributed by atoms with Crippen LogP contribution in [-0.2, 0) is 11.3 Å². The predicted octanol–water partition coefficient (Wildman–Crippen LogP) is 1.02. The van der Waals surface area contributed by atoms with Crippen LogP contribution in [0.25, 0.3) is 0 Å². The molecule has 0 aliphatic carbocycles.